The second-order valence-electron chi connectivity index (χ2n) is 5.37. The molecule has 0 aliphatic heterocycles. The second-order valence-corrected chi connectivity index (χ2v) is 5.37. The van der Waals surface area contributed by atoms with Crippen molar-refractivity contribution in [3.05, 3.63) is 83.4 Å². The minimum Gasteiger partial charge on any atom is -0.298 e. The zero-order chi connectivity index (χ0) is 14.2. The minimum absolute atomic E-state index is 0.829. The van der Waals surface area contributed by atoms with Gasteiger partial charge in [0.25, 0.3) is 0 Å². The Bertz CT molecular complexity index is 832. The Balaban J connectivity index is 1.96. The fourth-order valence-electron chi connectivity index (χ4n) is 3.24. The van der Waals surface area contributed by atoms with Crippen LogP contribution in [0.5, 0.6) is 0 Å². The fourth-order valence-corrected chi connectivity index (χ4v) is 3.24. The molecule has 1 aliphatic rings. The zero-order valence-corrected chi connectivity index (χ0v) is 11.5. The van der Waals surface area contributed by atoms with E-state index in [9.17, 15) is 4.79 Å². The van der Waals surface area contributed by atoms with Crippen LogP contribution in [0.3, 0.4) is 0 Å². The van der Waals surface area contributed by atoms with Crippen molar-refractivity contribution in [1.82, 2.24) is 0 Å². The first-order valence-corrected chi connectivity index (χ1v) is 7.13. The average Bonchev–Trinajstić information content (AvgIpc) is 2.93. The number of aldehydes is 1. The van der Waals surface area contributed by atoms with Gasteiger partial charge in [-0.15, -0.1) is 0 Å². The van der Waals surface area contributed by atoms with Crippen LogP contribution in [-0.4, -0.2) is 6.29 Å². The molecule has 1 aliphatic carbocycles. The van der Waals surface area contributed by atoms with Crippen LogP contribution in [0.4, 0.5) is 0 Å². The van der Waals surface area contributed by atoms with Crippen molar-refractivity contribution >= 4 is 6.29 Å². The van der Waals surface area contributed by atoms with Crippen molar-refractivity contribution in [2.45, 2.75) is 6.42 Å². The van der Waals surface area contributed by atoms with Gasteiger partial charge in [-0.1, -0.05) is 66.7 Å². The van der Waals surface area contributed by atoms with Crippen LogP contribution in [-0.2, 0) is 6.42 Å². The highest BCUT2D eigenvalue weighted by Gasteiger charge is 2.22. The first-order valence-electron chi connectivity index (χ1n) is 7.13. The number of benzene rings is 3. The quantitative estimate of drug-likeness (QED) is 0.481. The molecule has 0 bridgehead atoms. The predicted molar refractivity (Wildman–Crippen MR) is 85.5 cm³/mol. The van der Waals surface area contributed by atoms with Crippen LogP contribution in [0.1, 0.15) is 21.5 Å². The summed E-state index contributed by atoms with van der Waals surface area (Å²) < 4.78 is 0. The largest absolute Gasteiger partial charge is 0.298 e. The van der Waals surface area contributed by atoms with E-state index in [0.717, 1.165) is 35.0 Å². The van der Waals surface area contributed by atoms with E-state index in [1.807, 2.05) is 18.2 Å². The first-order chi connectivity index (χ1) is 10.4. The molecule has 0 saturated carbocycles. The summed E-state index contributed by atoms with van der Waals surface area (Å²) in [6.07, 6.45) is 1.85. The van der Waals surface area contributed by atoms with Crippen LogP contribution in [0, 0.1) is 0 Å². The van der Waals surface area contributed by atoms with E-state index < -0.39 is 0 Å². The number of hydrogen-bond donors (Lipinski definition) is 0. The molecule has 0 unspecified atom stereocenters. The minimum atomic E-state index is 0.829. The third-order valence-corrected chi connectivity index (χ3v) is 4.23. The highest BCUT2D eigenvalue weighted by Crippen LogP contribution is 2.40. The maximum absolute atomic E-state index is 11.7. The molecule has 0 fully saturated rings. The Kier molecular flexibility index (Phi) is 2.71. The third-order valence-electron chi connectivity index (χ3n) is 4.23. The molecule has 3 aromatic rings. The average molecular weight is 270 g/mol. The Morgan fingerprint density at radius 3 is 2.24 bits per heavy atom. The second kappa shape index (κ2) is 4.71. The van der Waals surface area contributed by atoms with E-state index in [1.165, 1.54) is 16.7 Å². The maximum Gasteiger partial charge on any atom is 0.150 e. The molecule has 21 heavy (non-hydrogen) atoms. The summed E-state index contributed by atoms with van der Waals surface area (Å²) in [6.45, 7) is 0. The Morgan fingerprint density at radius 2 is 1.43 bits per heavy atom. The van der Waals surface area contributed by atoms with E-state index in [0.29, 0.717) is 0 Å². The van der Waals surface area contributed by atoms with Gasteiger partial charge in [0, 0.05) is 5.56 Å². The molecule has 0 atom stereocenters. The lowest BCUT2D eigenvalue weighted by molar-refractivity contribution is 0.112. The van der Waals surface area contributed by atoms with Gasteiger partial charge >= 0.3 is 0 Å². The molecule has 3 aromatic carbocycles. The molecule has 0 aromatic heterocycles. The Labute approximate surface area is 123 Å². The molecular formula is C20H14O. The van der Waals surface area contributed by atoms with Gasteiger partial charge in [-0.05, 0) is 39.8 Å². The van der Waals surface area contributed by atoms with Crippen molar-refractivity contribution < 1.29 is 4.79 Å². The van der Waals surface area contributed by atoms with Crippen LogP contribution in [0.25, 0.3) is 22.3 Å². The molecule has 0 N–H and O–H groups in total. The standard InChI is InChI=1S/C20H14O/c21-13-20-17(14-6-2-1-3-7-14)10-11-18-16-9-5-4-8-15(16)12-19(18)20/h1-11,13H,12H2. The fraction of sp³-hybridized carbons (Fsp3) is 0.0500. The lowest BCUT2D eigenvalue weighted by Gasteiger charge is -2.10. The van der Waals surface area contributed by atoms with Crippen LogP contribution in [0.15, 0.2) is 66.7 Å². The molecule has 4 rings (SSSR count). The van der Waals surface area contributed by atoms with Crippen LogP contribution < -0.4 is 0 Å². The molecule has 1 nitrogen and oxygen atoms in total. The number of hydrogen-bond acceptors (Lipinski definition) is 1. The lowest BCUT2D eigenvalue weighted by Crippen LogP contribution is -1.95. The van der Waals surface area contributed by atoms with Gasteiger partial charge in [0.2, 0.25) is 0 Å². The molecule has 0 amide bonds. The topological polar surface area (TPSA) is 17.1 Å². The van der Waals surface area contributed by atoms with Crippen molar-refractivity contribution in [2.24, 2.45) is 0 Å². The maximum atomic E-state index is 11.7. The van der Waals surface area contributed by atoms with Crippen LogP contribution in [0.2, 0.25) is 0 Å². The Hall–Kier alpha value is -2.67. The van der Waals surface area contributed by atoms with Crippen molar-refractivity contribution in [3.8, 4) is 22.3 Å². The zero-order valence-electron chi connectivity index (χ0n) is 11.5. The highest BCUT2D eigenvalue weighted by molar-refractivity contribution is 5.95. The van der Waals surface area contributed by atoms with Gasteiger partial charge in [0.05, 0.1) is 0 Å². The van der Waals surface area contributed by atoms with Crippen molar-refractivity contribution in [1.29, 1.82) is 0 Å². The van der Waals surface area contributed by atoms with Crippen molar-refractivity contribution in [2.75, 3.05) is 0 Å². The molecule has 1 heteroatoms. The number of carbonyl (C=O) groups excluding carboxylic acids is 1. The highest BCUT2D eigenvalue weighted by atomic mass is 16.1. The van der Waals surface area contributed by atoms with E-state index in [-0.39, 0.29) is 0 Å². The normalized spacial score (nSPS) is 11.8. The van der Waals surface area contributed by atoms with E-state index in [2.05, 4.69) is 48.5 Å². The van der Waals surface area contributed by atoms with Crippen LogP contribution >= 0.6 is 0 Å². The van der Waals surface area contributed by atoms with Gasteiger partial charge in [-0.25, -0.2) is 0 Å². The summed E-state index contributed by atoms with van der Waals surface area (Å²) in [6, 6.07) is 22.7. The summed E-state index contributed by atoms with van der Waals surface area (Å²) in [5.74, 6) is 0. The van der Waals surface area contributed by atoms with Crippen molar-refractivity contribution in [3.63, 3.8) is 0 Å². The lowest BCUT2D eigenvalue weighted by atomic mass is 9.93. The van der Waals surface area contributed by atoms with Gasteiger partial charge in [-0.2, -0.15) is 0 Å². The molecule has 0 spiro atoms. The predicted octanol–water partition coefficient (Wildman–Crippen LogP) is 4.74. The van der Waals surface area contributed by atoms with Gasteiger partial charge < -0.3 is 0 Å². The third kappa shape index (κ3) is 1.82. The van der Waals surface area contributed by atoms with Gasteiger partial charge in [0.1, 0.15) is 0 Å². The Morgan fingerprint density at radius 1 is 0.714 bits per heavy atom. The molecular weight excluding hydrogens is 256 g/mol. The summed E-state index contributed by atoms with van der Waals surface area (Å²) in [4.78, 5) is 11.7. The van der Waals surface area contributed by atoms with Gasteiger partial charge in [0.15, 0.2) is 6.29 Å². The van der Waals surface area contributed by atoms with E-state index >= 15 is 0 Å². The van der Waals surface area contributed by atoms with E-state index in [4.69, 9.17) is 0 Å². The molecule has 0 radical (unpaired) electrons. The van der Waals surface area contributed by atoms with E-state index in [1.54, 1.807) is 0 Å². The molecule has 100 valence electrons. The first kappa shape index (κ1) is 12.1. The molecule has 0 saturated heterocycles. The number of rotatable bonds is 2. The summed E-state index contributed by atoms with van der Waals surface area (Å²) in [7, 11) is 0. The number of fused-ring (bicyclic) bond motifs is 3. The number of carbonyl (C=O) groups is 1. The summed E-state index contributed by atoms with van der Waals surface area (Å²) >= 11 is 0. The summed E-state index contributed by atoms with van der Waals surface area (Å²) in [5, 5.41) is 0. The SMILES string of the molecule is O=Cc1c(-c2ccccc2)ccc2c1Cc1ccccc1-2. The monoisotopic (exact) mass is 270 g/mol. The molecule has 0 heterocycles. The van der Waals surface area contributed by atoms with Gasteiger partial charge in [-0.3, -0.25) is 4.79 Å². The smallest absolute Gasteiger partial charge is 0.150 e. The summed E-state index contributed by atoms with van der Waals surface area (Å²) in [5.41, 5.74) is 7.88.